The molecule has 136 valence electrons. The van der Waals surface area contributed by atoms with Gasteiger partial charge in [0.1, 0.15) is 11.9 Å². The lowest BCUT2D eigenvalue weighted by atomic mass is 9.85. The quantitative estimate of drug-likeness (QED) is 0.591. The molecule has 4 heteroatoms. The smallest absolute Gasteiger partial charge is 0.165 e. The second-order valence-electron chi connectivity index (χ2n) is 7.51. The Morgan fingerprint density at radius 1 is 0.923 bits per heavy atom. The Morgan fingerprint density at radius 2 is 1.50 bits per heavy atom. The van der Waals surface area contributed by atoms with Gasteiger partial charge in [-0.1, -0.05) is 56.6 Å². The first-order valence-electron chi connectivity index (χ1n) is 8.68. The molecule has 0 aliphatic carbocycles. The van der Waals surface area contributed by atoms with Crippen molar-refractivity contribution < 1.29 is 9.84 Å². The monoisotopic (exact) mass is 369 g/mol. The fraction of sp³-hybridized carbons (Fsp3) is 0.273. The molecule has 26 heavy (non-hydrogen) atoms. The van der Waals surface area contributed by atoms with Crippen LogP contribution in [-0.4, -0.2) is 16.2 Å². The average molecular weight is 370 g/mol. The molecule has 3 nitrogen and oxygen atoms in total. The van der Waals surface area contributed by atoms with Gasteiger partial charge in [-0.3, -0.25) is 0 Å². The van der Waals surface area contributed by atoms with Crippen LogP contribution in [0.15, 0.2) is 66.9 Å². The highest BCUT2D eigenvalue weighted by Gasteiger charge is 2.33. The topological polar surface area (TPSA) is 45.2 Å². The second kappa shape index (κ2) is 7.56. The van der Waals surface area contributed by atoms with Crippen LogP contribution >= 0.6 is 11.6 Å². The average Bonchev–Trinajstić information content (AvgIpc) is 3.14. The maximum atomic E-state index is 10.8. The Kier molecular flexibility index (Phi) is 5.40. The lowest BCUT2D eigenvalue weighted by Crippen LogP contribution is -2.35. The largest absolute Gasteiger partial charge is 0.481 e. The second-order valence-corrected chi connectivity index (χ2v) is 7.94. The number of aromatic amines is 1. The Hall–Kier alpha value is -2.23. The third-order valence-corrected chi connectivity index (χ3v) is 4.65. The van der Waals surface area contributed by atoms with Crippen LogP contribution in [0.2, 0.25) is 5.02 Å². The lowest BCUT2D eigenvalue weighted by Gasteiger charge is -2.32. The number of hydrogen-bond acceptors (Lipinski definition) is 2. The summed E-state index contributed by atoms with van der Waals surface area (Å²) in [5, 5.41) is 11.5. The van der Waals surface area contributed by atoms with Gasteiger partial charge in [0.05, 0.1) is 5.69 Å². The molecule has 3 rings (SSSR count). The van der Waals surface area contributed by atoms with Crippen LogP contribution in [-0.2, 0) is 0 Å². The molecule has 1 aromatic heterocycles. The number of ether oxygens (including phenoxy) is 1. The summed E-state index contributed by atoms with van der Waals surface area (Å²) >= 11 is 5.95. The fourth-order valence-corrected chi connectivity index (χ4v) is 2.91. The molecule has 1 heterocycles. The molecule has 0 aliphatic rings. The number of H-pyrrole nitrogens is 1. The molecular weight excluding hydrogens is 346 g/mol. The van der Waals surface area contributed by atoms with Crippen LogP contribution < -0.4 is 4.74 Å². The highest BCUT2D eigenvalue weighted by Crippen LogP contribution is 2.34. The third kappa shape index (κ3) is 4.29. The van der Waals surface area contributed by atoms with Gasteiger partial charge >= 0.3 is 0 Å². The van der Waals surface area contributed by atoms with E-state index in [1.54, 1.807) is 0 Å². The summed E-state index contributed by atoms with van der Waals surface area (Å²) < 4.78 is 6.15. The van der Waals surface area contributed by atoms with Gasteiger partial charge in [-0.2, -0.15) is 0 Å². The Bertz CT molecular complexity index is 818. The van der Waals surface area contributed by atoms with E-state index >= 15 is 0 Å². The molecule has 2 unspecified atom stereocenters. The number of rotatable bonds is 5. The zero-order chi connectivity index (χ0) is 18.7. The van der Waals surface area contributed by atoms with Crippen molar-refractivity contribution in [3.8, 4) is 16.9 Å². The van der Waals surface area contributed by atoms with Crippen molar-refractivity contribution in [1.82, 2.24) is 4.98 Å². The number of nitrogens with one attached hydrogen (secondary N) is 1. The maximum absolute atomic E-state index is 10.8. The van der Waals surface area contributed by atoms with E-state index in [0.29, 0.717) is 5.75 Å². The van der Waals surface area contributed by atoms with Gasteiger partial charge in [0.2, 0.25) is 0 Å². The van der Waals surface area contributed by atoms with Crippen LogP contribution in [0.4, 0.5) is 0 Å². The van der Waals surface area contributed by atoms with Crippen LogP contribution in [0, 0.1) is 5.41 Å². The van der Waals surface area contributed by atoms with E-state index in [1.807, 2.05) is 87.6 Å². The van der Waals surface area contributed by atoms with Crippen molar-refractivity contribution in [2.75, 3.05) is 0 Å². The number of aromatic nitrogens is 1. The molecule has 0 spiro atoms. The number of hydrogen-bond donors (Lipinski definition) is 2. The van der Waals surface area contributed by atoms with Crippen molar-refractivity contribution in [3.05, 3.63) is 77.6 Å². The highest BCUT2D eigenvalue weighted by atomic mass is 35.5. The lowest BCUT2D eigenvalue weighted by molar-refractivity contribution is -0.0348. The van der Waals surface area contributed by atoms with E-state index < -0.39 is 12.2 Å². The Morgan fingerprint density at radius 3 is 2.00 bits per heavy atom. The predicted octanol–water partition coefficient (Wildman–Crippen LogP) is 5.86. The minimum atomic E-state index is -0.655. The van der Waals surface area contributed by atoms with Crippen LogP contribution in [0.3, 0.4) is 0 Å². The first-order chi connectivity index (χ1) is 12.3. The van der Waals surface area contributed by atoms with E-state index in [9.17, 15) is 5.11 Å². The molecule has 0 amide bonds. The van der Waals surface area contributed by atoms with E-state index in [1.165, 1.54) is 0 Å². The summed E-state index contributed by atoms with van der Waals surface area (Å²) in [6, 6.07) is 19.4. The minimum Gasteiger partial charge on any atom is -0.481 e. The molecule has 0 aliphatic heterocycles. The zero-order valence-electron chi connectivity index (χ0n) is 15.2. The van der Waals surface area contributed by atoms with Gasteiger partial charge in [0.25, 0.3) is 0 Å². The molecule has 0 fully saturated rings. The zero-order valence-corrected chi connectivity index (χ0v) is 16.0. The number of aliphatic hydroxyl groups is 1. The fourth-order valence-electron chi connectivity index (χ4n) is 2.79. The van der Waals surface area contributed by atoms with Gasteiger partial charge < -0.3 is 14.8 Å². The number of aliphatic hydroxyl groups excluding tert-OH is 1. The van der Waals surface area contributed by atoms with Crippen LogP contribution in [0.25, 0.3) is 11.1 Å². The van der Waals surface area contributed by atoms with E-state index in [2.05, 4.69) is 4.98 Å². The van der Waals surface area contributed by atoms with Crippen molar-refractivity contribution in [2.24, 2.45) is 5.41 Å². The number of benzene rings is 2. The van der Waals surface area contributed by atoms with Crippen molar-refractivity contribution in [1.29, 1.82) is 0 Å². The summed E-state index contributed by atoms with van der Waals surface area (Å²) in [4.78, 5) is 3.16. The summed E-state index contributed by atoms with van der Waals surface area (Å²) in [6.07, 6.45) is 0.716. The Labute approximate surface area is 159 Å². The highest BCUT2D eigenvalue weighted by molar-refractivity contribution is 6.30. The van der Waals surface area contributed by atoms with Crippen LogP contribution in [0.1, 0.15) is 32.6 Å². The van der Waals surface area contributed by atoms with Crippen LogP contribution in [0.5, 0.6) is 5.75 Å². The third-order valence-electron chi connectivity index (χ3n) is 4.40. The maximum Gasteiger partial charge on any atom is 0.165 e. The number of halogens is 1. The van der Waals surface area contributed by atoms with Gasteiger partial charge in [-0.05, 0) is 52.9 Å². The molecule has 0 saturated heterocycles. The van der Waals surface area contributed by atoms with Crippen molar-refractivity contribution >= 4 is 11.6 Å². The SMILES string of the molecule is CC(C)(C)C(O)C(Oc1ccc(-c2ccc(Cl)cc2)cc1)c1ccc[nH]1. The van der Waals surface area contributed by atoms with Gasteiger partial charge in [0.15, 0.2) is 6.10 Å². The summed E-state index contributed by atoms with van der Waals surface area (Å²) in [5.41, 5.74) is 2.73. The Balaban J connectivity index is 1.82. The molecule has 0 bridgehead atoms. The van der Waals surface area contributed by atoms with E-state index in [-0.39, 0.29) is 5.41 Å². The van der Waals surface area contributed by atoms with Gasteiger partial charge in [-0.25, -0.2) is 0 Å². The molecular formula is C22H24ClNO2. The molecule has 2 aromatic carbocycles. The normalized spacial score (nSPS) is 14.0. The van der Waals surface area contributed by atoms with Gasteiger partial charge in [0, 0.05) is 11.2 Å². The van der Waals surface area contributed by atoms with E-state index in [0.717, 1.165) is 21.8 Å². The molecule has 2 atom stereocenters. The molecule has 0 saturated carbocycles. The first-order valence-corrected chi connectivity index (χ1v) is 9.06. The predicted molar refractivity (Wildman–Crippen MR) is 107 cm³/mol. The van der Waals surface area contributed by atoms with E-state index in [4.69, 9.17) is 16.3 Å². The van der Waals surface area contributed by atoms with Gasteiger partial charge in [-0.15, -0.1) is 0 Å². The molecule has 0 radical (unpaired) electrons. The summed E-state index contributed by atoms with van der Waals surface area (Å²) in [5.74, 6) is 0.714. The molecule has 2 N–H and O–H groups in total. The van der Waals surface area contributed by atoms with Crippen molar-refractivity contribution in [3.63, 3.8) is 0 Å². The molecule has 3 aromatic rings. The first kappa shape index (κ1) is 18.6. The van der Waals surface area contributed by atoms with Crippen molar-refractivity contribution in [2.45, 2.75) is 33.0 Å². The summed E-state index contributed by atoms with van der Waals surface area (Å²) in [6.45, 7) is 6.00. The summed E-state index contributed by atoms with van der Waals surface area (Å²) in [7, 11) is 0. The standard InChI is InChI=1S/C22H24ClNO2/c1-22(2,3)21(25)20(19-5-4-14-24-19)26-18-12-8-16(9-13-18)15-6-10-17(23)11-7-15/h4-14,20-21,24-25H,1-3H3. The minimum absolute atomic E-state index is 0.307.